The fraction of sp³-hybridized carbons (Fsp3) is 0.259. The number of aromatic nitrogens is 3. The number of carbonyl (C=O) groups excluding carboxylic acids is 2. The zero-order chi connectivity index (χ0) is 23.8. The van der Waals surface area contributed by atoms with Gasteiger partial charge in [-0.2, -0.15) is 5.10 Å². The Hall–Kier alpha value is -4.04. The van der Waals surface area contributed by atoms with Crippen LogP contribution in [0.2, 0.25) is 0 Å². The second-order valence-electron chi connectivity index (χ2n) is 9.31. The van der Waals surface area contributed by atoms with Crippen LogP contribution in [-0.2, 0) is 11.3 Å². The molecular formula is C27H26N6O2. The van der Waals surface area contributed by atoms with E-state index in [1.165, 1.54) is 12.0 Å². The largest absolute Gasteiger partial charge is 0.324 e. The van der Waals surface area contributed by atoms with Crippen LogP contribution in [0.15, 0.2) is 60.9 Å². The molecule has 1 aliphatic carbocycles. The van der Waals surface area contributed by atoms with Crippen molar-refractivity contribution in [3.63, 3.8) is 0 Å². The van der Waals surface area contributed by atoms with Crippen LogP contribution in [-0.4, -0.2) is 45.0 Å². The van der Waals surface area contributed by atoms with Gasteiger partial charge in [0, 0.05) is 35.8 Å². The lowest BCUT2D eigenvalue weighted by atomic mass is 10.0. The van der Waals surface area contributed by atoms with Crippen LogP contribution in [0.5, 0.6) is 0 Å². The van der Waals surface area contributed by atoms with Crippen molar-refractivity contribution in [3.05, 3.63) is 72.2 Å². The van der Waals surface area contributed by atoms with Gasteiger partial charge in [-0.3, -0.25) is 24.6 Å². The molecule has 1 aliphatic heterocycles. The van der Waals surface area contributed by atoms with Gasteiger partial charge in [-0.25, -0.2) is 0 Å². The molecule has 35 heavy (non-hydrogen) atoms. The molecule has 0 atom stereocenters. The maximum atomic E-state index is 13.2. The first-order chi connectivity index (χ1) is 17.1. The van der Waals surface area contributed by atoms with E-state index in [1.54, 1.807) is 12.1 Å². The smallest absolute Gasteiger partial charge is 0.276 e. The summed E-state index contributed by atoms with van der Waals surface area (Å²) in [5, 5.41) is 13.8. The number of H-pyrrole nitrogens is 1. The number of likely N-dealkylation sites (tertiary alicyclic amines) is 1. The van der Waals surface area contributed by atoms with Crippen LogP contribution >= 0.6 is 0 Å². The van der Waals surface area contributed by atoms with Gasteiger partial charge in [0.1, 0.15) is 0 Å². The molecule has 2 aliphatic rings. The Morgan fingerprint density at radius 2 is 1.77 bits per heavy atom. The molecule has 2 fully saturated rings. The molecule has 8 heteroatoms. The average Bonchev–Trinajstić information content (AvgIpc) is 3.62. The van der Waals surface area contributed by atoms with E-state index >= 15 is 0 Å². The number of anilines is 2. The first kappa shape index (κ1) is 21.5. The molecule has 0 bridgehead atoms. The number of fused-ring (bicyclic) bond motifs is 1. The molecule has 6 rings (SSSR count). The van der Waals surface area contributed by atoms with E-state index in [0.29, 0.717) is 17.1 Å². The normalized spacial score (nSPS) is 15.5. The number of hydrogen-bond donors (Lipinski definition) is 3. The Balaban J connectivity index is 1.25. The molecule has 4 aromatic rings. The maximum Gasteiger partial charge on any atom is 0.276 e. The van der Waals surface area contributed by atoms with Crippen LogP contribution in [0.1, 0.15) is 35.3 Å². The summed E-state index contributed by atoms with van der Waals surface area (Å²) in [5.41, 5.74) is 5.37. The lowest BCUT2D eigenvalue weighted by Gasteiger charge is -2.30. The SMILES string of the molecule is O=C(Nc1ccccc1NC(=O)C1CC1)c1n[nH]c2ccc(-c3cncc(CN4CCC4)c3)cc12. The van der Waals surface area contributed by atoms with Crippen LogP contribution in [0.25, 0.3) is 22.0 Å². The maximum absolute atomic E-state index is 13.2. The summed E-state index contributed by atoms with van der Waals surface area (Å²) < 4.78 is 0. The van der Waals surface area contributed by atoms with Gasteiger partial charge in [0.25, 0.3) is 5.91 Å². The number of nitrogens with zero attached hydrogens (tertiary/aromatic N) is 3. The molecule has 0 unspecified atom stereocenters. The molecule has 0 spiro atoms. The number of aromatic amines is 1. The molecule has 1 saturated heterocycles. The van der Waals surface area contributed by atoms with Crippen LogP contribution in [0.4, 0.5) is 11.4 Å². The van der Waals surface area contributed by atoms with Crippen molar-refractivity contribution in [1.82, 2.24) is 20.1 Å². The first-order valence-corrected chi connectivity index (χ1v) is 12.0. The highest BCUT2D eigenvalue weighted by atomic mass is 16.2. The molecule has 8 nitrogen and oxygen atoms in total. The summed E-state index contributed by atoms with van der Waals surface area (Å²) in [7, 11) is 0. The van der Waals surface area contributed by atoms with Crippen LogP contribution in [0, 0.1) is 5.92 Å². The Labute approximate surface area is 202 Å². The standard InChI is InChI=1S/C27H26N6O2/c34-26(18-6-7-18)29-23-4-1-2-5-24(23)30-27(35)25-21-13-19(8-9-22(21)31-32-25)20-12-17(14-28-15-20)16-33-10-3-11-33/h1-2,4-5,8-9,12-15,18H,3,6-7,10-11,16H2,(H,29,34)(H,30,35)(H,31,32). The van der Waals surface area contributed by atoms with Gasteiger partial charge in [-0.05, 0) is 73.8 Å². The Morgan fingerprint density at radius 3 is 2.51 bits per heavy atom. The highest BCUT2D eigenvalue weighted by Crippen LogP contribution is 2.32. The molecule has 0 radical (unpaired) electrons. The topological polar surface area (TPSA) is 103 Å². The fourth-order valence-corrected chi connectivity index (χ4v) is 4.36. The van der Waals surface area contributed by atoms with Gasteiger partial charge in [-0.15, -0.1) is 0 Å². The Bertz CT molecular complexity index is 1420. The van der Waals surface area contributed by atoms with Gasteiger partial charge in [0.15, 0.2) is 5.69 Å². The van der Waals surface area contributed by atoms with Crippen molar-refractivity contribution in [1.29, 1.82) is 0 Å². The number of rotatable bonds is 7. The third-order valence-corrected chi connectivity index (χ3v) is 6.64. The third-order valence-electron chi connectivity index (χ3n) is 6.64. The molecule has 2 amide bonds. The molecule has 176 valence electrons. The highest BCUT2D eigenvalue weighted by Gasteiger charge is 2.30. The predicted molar refractivity (Wildman–Crippen MR) is 135 cm³/mol. The molecule has 2 aromatic heterocycles. The number of hydrogen-bond acceptors (Lipinski definition) is 5. The molecule has 1 saturated carbocycles. The van der Waals surface area contributed by atoms with E-state index < -0.39 is 0 Å². The Kier molecular flexibility index (Phi) is 5.50. The second kappa shape index (κ2) is 8.96. The lowest BCUT2D eigenvalue weighted by molar-refractivity contribution is -0.117. The van der Waals surface area contributed by atoms with Crippen molar-refractivity contribution < 1.29 is 9.59 Å². The minimum absolute atomic E-state index is 0.00786. The van der Waals surface area contributed by atoms with Gasteiger partial charge < -0.3 is 10.6 Å². The number of amides is 2. The minimum atomic E-state index is -0.341. The number of benzene rings is 2. The Morgan fingerprint density at radius 1 is 0.971 bits per heavy atom. The van der Waals surface area contributed by atoms with Crippen LogP contribution in [0.3, 0.4) is 0 Å². The van der Waals surface area contributed by atoms with E-state index in [4.69, 9.17) is 0 Å². The van der Waals surface area contributed by atoms with Crippen molar-refractivity contribution in [2.24, 2.45) is 5.92 Å². The molecular weight excluding hydrogens is 440 g/mol. The highest BCUT2D eigenvalue weighted by molar-refractivity contribution is 6.13. The number of para-hydroxylation sites is 2. The van der Waals surface area contributed by atoms with Crippen molar-refractivity contribution in [2.75, 3.05) is 23.7 Å². The number of nitrogens with one attached hydrogen (secondary N) is 3. The summed E-state index contributed by atoms with van der Waals surface area (Å²) in [6.07, 6.45) is 6.85. The first-order valence-electron chi connectivity index (χ1n) is 12.0. The summed E-state index contributed by atoms with van der Waals surface area (Å²) in [4.78, 5) is 32.3. The van der Waals surface area contributed by atoms with Gasteiger partial charge in [0.2, 0.25) is 5.91 Å². The van der Waals surface area contributed by atoms with E-state index in [9.17, 15) is 9.59 Å². The zero-order valence-electron chi connectivity index (χ0n) is 19.3. The predicted octanol–water partition coefficient (Wildman–Crippen LogP) is 4.43. The van der Waals surface area contributed by atoms with E-state index in [0.717, 1.165) is 54.5 Å². The summed E-state index contributed by atoms with van der Waals surface area (Å²) in [6, 6.07) is 15.3. The third kappa shape index (κ3) is 4.52. The van der Waals surface area contributed by atoms with E-state index in [2.05, 4.69) is 36.8 Å². The molecule has 3 heterocycles. The fourth-order valence-electron chi connectivity index (χ4n) is 4.36. The second-order valence-corrected chi connectivity index (χ2v) is 9.31. The van der Waals surface area contributed by atoms with E-state index in [1.807, 2.05) is 42.7 Å². The van der Waals surface area contributed by atoms with Gasteiger partial charge in [0.05, 0.1) is 16.9 Å². The number of carbonyl (C=O) groups is 2. The molecule has 2 aromatic carbocycles. The minimum Gasteiger partial charge on any atom is -0.324 e. The summed E-state index contributed by atoms with van der Waals surface area (Å²) in [6.45, 7) is 3.17. The average molecular weight is 467 g/mol. The van der Waals surface area contributed by atoms with E-state index in [-0.39, 0.29) is 17.7 Å². The van der Waals surface area contributed by atoms with Crippen LogP contribution < -0.4 is 10.6 Å². The van der Waals surface area contributed by atoms with Crippen molar-refractivity contribution >= 4 is 34.1 Å². The van der Waals surface area contributed by atoms with Crippen molar-refractivity contribution in [3.8, 4) is 11.1 Å². The number of pyridine rings is 1. The zero-order valence-corrected chi connectivity index (χ0v) is 19.3. The monoisotopic (exact) mass is 466 g/mol. The summed E-state index contributed by atoms with van der Waals surface area (Å²) in [5.74, 6) is -0.274. The molecule has 3 N–H and O–H groups in total. The lowest BCUT2D eigenvalue weighted by Crippen LogP contribution is -2.36. The van der Waals surface area contributed by atoms with Gasteiger partial charge in [-0.1, -0.05) is 18.2 Å². The van der Waals surface area contributed by atoms with Crippen molar-refractivity contribution in [2.45, 2.75) is 25.8 Å². The quantitative estimate of drug-likeness (QED) is 0.374. The van der Waals surface area contributed by atoms with Gasteiger partial charge >= 0.3 is 0 Å². The summed E-state index contributed by atoms with van der Waals surface area (Å²) >= 11 is 0.